The van der Waals surface area contributed by atoms with Crippen molar-refractivity contribution in [3.8, 4) is 5.75 Å². The lowest BCUT2D eigenvalue weighted by Crippen LogP contribution is -2.25. The van der Waals surface area contributed by atoms with Gasteiger partial charge in [0, 0.05) is 23.0 Å². The smallest absolute Gasteiger partial charge is 0.122 e. The predicted octanol–water partition coefficient (Wildman–Crippen LogP) is 4.04. The molecule has 0 heterocycles. The Balaban J connectivity index is 3.14. The van der Waals surface area contributed by atoms with Gasteiger partial charge in [-0.2, -0.15) is 0 Å². The van der Waals surface area contributed by atoms with Crippen LogP contribution in [0.1, 0.15) is 31.7 Å². The van der Waals surface area contributed by atoms with Crippen LogP contribution in [0.4, 0.5) is 0 Å². The Hall–Kier alpha value is -0.730. The molecular formula is C15H24ClNO. The van der Waals surface area contributed by atoms with Crippen LogP contribution >= 0.6 is 11.6 Å². The van der Waals surface area contributed by atoms with Gasteiger partial charge in [-0.1, -0.05) is 31.9 Å². The second-order valence-corrected chi connectivity index (χ2v) is 5.58. The summed E-state index contributed by atoms with van der Waals surface area (Å²) in [5, 5.41) is 0.776. The van der Waals surface area contributed by atoms with Gasteiger partial charge < -0.3 is 9.64 Å². The molecule has 0 amide bonds. The zero-order valence-corrected chi connectivity index (χ0v) is 12.8. The van der Waals surface area contributed by atoms with Crippen molar-refractivity contribution >= 4 is 11.6 Å². The van der Waals surface area contributed by atoms with Crippen LogP contribution in [-0.4, -0.2) is 32.6 Å². The minimum atomic E-state index is 0.443. The van der Waals surface area contributed by atoms with E-state index in [0.29, 0.717) is 11.8 Å². The number of likely N-dealkylation sites (N-methyl/N-ethyl adjacent to an activating group) is 1. The van der Waals surface area contributed by atoms with E-state index in [4.69, 9.17) is 16.3 Å². The molecule has 0 bridgehead atoms. The molecular weight excluding hydrogens is 246 g/mol. The quantitative estimate of drug-likeness (QED) is 0.773. The number of rotatable bonds is 6. The molecule has 1 rings (SSSR count). The van der Waals surface area contributed by atoms with Crippen LogP contribution in [0.25, 0.3) is 0 Å². The fourth-order valence-electron chi connectivity index (χ4n) is 2.26. The van der Waals surface area contributed by atoms with E-state index in [1.165, 1.54) is 5.56 Å². The molecule has 0 N–H and O–H groups in total. The van der Waals surface area contributed by atoms with E-state index >= 15 is 0 Å². The number of methoxy groups -OCH3 is 1. The van der Waals surface area contributed by atoms with E-state index in [1.807, 2.05) is 18.2 Å². The molecule has 2 nitrogen and oxygen atoms in total. The maximum absolute atomic E-state index is 6.13. The topological polar surface area (TPSA) is 12.5 Å². The fraction of sp³-hybridized carbons (Fsp3) is 0.600. The minimum absolute atomic E-state index is 0.443. The molecule has 0 aliphatic carbocycles. The van der Waals surface area contributed by atoms with E-state index in [1.54, 1.807) is 7.11 Å². The first-order chi connectivity index (χ1) is 8.49. The van der Waals surface area contributed by atoms with Crippen molar-refractivity contribution < 1.29 is 4.74 Å². The Morgan fingerprint density at radius 1 is 1.33 bits per heavy atom. The van der Waals surface area contributed by atoms with Gasteiger partial charge >= 0.3 is 0 Å². The average molecular weight is 270 g/mol. The fourth-order valence-corrected chi connectivity index (χ4v) is 2.44. The summed E-state index contributed by atoms with van der Waals surface area (Å²) in [6, 6.07) is 5.89. The minimum Gasteiger partial charge on any atom is -0.496 e. The van der Waals surface area contributed by atoms with Crippen LogP contribution in [0.3, 0.4) is 0 Å². The zero-order valence-electron chi connectivity index (χ0n) is 12.0. The maximum Gasteiger partial charge on any atom is 0.122 e. The van der Waals surface area contributed by atoms with Gasteiger partial charge in [0.2, 0.25) is 0 Å². The summed E-state index contributed by atoms with van der Waals surface area (Å²) in [5.74, 6) is 1.98. The molecule has 0 aliphatic heterocycles. The Kier molecular flexibility index (Phi) is 5.97. The van der Waals surface area contributed by atoms with Crippen LogP contribution in [0.5, 0.6) is 5.75 Å². The third-order valence-corrected chi connectivity index (χ3v) is 3.72. The van der Waals surface area contributed by atoms with Crippen molar-refractivity contribution in [3.05, 3.63) is 28.8 Å². The molecule has 18 heavy (non-hydrogen) atoms. The number of ether oxygens (including phenoxy) is 1. The summed E-state index contributed by atoms with van der Waals surface area (Å²) in [6.45, 7) is 5.52. The molecule has 0 radical (unpaired) electrons. The normalized spacial score (nSPS) is 14.6. The first-order valence-corrected chi connectivity index (χ1v) is 6.85. The highest BCUT2D eigenvalue weighted by Gasteiger charge is 2.22. The number of benzene rings is 1. The monoisotopic (exact) mass is 269 g/mol. The summed E-state index contributed by atoms with van der Waals surface area (Å²) in [6.07, 6.45) is 1.15. The van der Waals surface area contributed by atoms with E-state index in [-0.39, 0.29) is 0 Å². The highest BCUT2D eigenvalue weighted by molar-refractivity contribution is 6.30. The van der Waals surface area contributed by atoms with Crippen molar-refractivity contribution in [1.29, 1.82) is 0 Å². The molecule has 0 saturated heterocycles. The maximum atomic E-state index is 6.13. The van der Waals surface area contributed by atoms with Gasteiger partial charge in [-0.25, -0.2) is 0 Å². The van der Waals surface area contributed by atoms with Crippen molar-refractivity contribution in [1.82, 2.24) is 4.90 Å². The van der Waals surface area contributed by atoms with Gasteiger partial charge in [-0.15, -0.1) is 0 Å². The van der Waals surface area contributed by atoms with Gasteiger partial charge in [0.1, 0.15) is 5.75 Å². The van der Waals surface area contributed by atoms with Gasteiger partial charge in [0.25, 0.3) is 0 Å². The second kappa shape index (κ2) is 7.01. The molecule has 0 spiro atoms. The number of hydrogen-bond donors (Lipinski definition) is 0. The van der Waals surface area contributed by atoms with Crippen LogP contribution < -0.4 is 4.74 Å². The van der Waals surface area contributed by atoms with Crippen molar-refractivity contribution in [2.24, 2.45) is 5.92 Å². The Labute approximate surface area is 116 Å². The third-order valence-electron chi connectivity index (χ3n) is 3.48. The van der Waals surface area contributed by atoms with E-state index < -0.39 is 0 Å². The first-order valence-electron chi connectivity index (χ1n) is 6.47. The highest BCUT2D eigenvalue weighted by Crippen LogP contribution is 2.35. The summed E-state index contributed by atoms with van der Waals surface area (Å²) in [5.41, 5.74) is 1.22. The molecule has 0 aromatic heterocycles. The molecule has 2 atom stereocenters. The van der Waals surface area contributed by atoms with Crippen LogP contribution in [0, 0.1) is 5.92 Å². The lowest BCUT2D eigenvalue weighted by Gasteiger charge is -2.28. The largest absolute Gasteiger partial charge is 0.496 e. The third kappa shape index (κ3) is 3.89. The first kappa shape index (κ1) is 15.3. The van der Waals surface area contributed by atoms with Crippen molar-refractivity contribution in [3.63, 3.8) is 0 Å². The number of halogens is 1. The second-order valence-electron chi connectivity index (χ2n) is 5.14. The van der Waals surface area contributed by atoms with E-state index in [0.717, 1.165) is 23.7 Å². The zero-order chi connectivity index (χ0) is 13.7. The SMILES string of the molecule is CCC(C)C(CN(C)C)c1cc(Cl)ccc1OC. The van der Waals surface area contributed by atoms with E-state index in [9.17, 15) is 0 Å². The summed E-state index contributed by atoms with van der Waals surface area (Å²) in [7, 11) is 5.93. The van der Waals surface area contributed by atoms with Crippen molar-refractivity contribution in [2.75, 3.05) is 27.7 Å². The molecule has 0 fully saturated rings. The molecule has 1 aromatic rings. The summed E-state index contributed by atoms with van der Waals surface area (Å²) in [4.78, 5) is 2.22. The van der Waals surface area contributed by atoms with Crippen LogP contribution in [-0.2, 0) is 0 Å². The van der Waals surface area contributed by atoms with Crippen LogP contribution in [0.2, 0.25) is 5.02 Å². The Morgan fingerprint density at radius 3 is 2.50 bits per heavy atom. The molecule has 3 heteroatoms. The lowest BCUT2D eigenvalue weighted by atomic mass is 9.84. The number of nitrogens with zero attached hydrogens (tertiary/aromatic N) is 1. The molecule has 0 aliphatic rings. The van der Waals surface area contributed by atoms with Gasteiger partial charge in [0.05, 0.1) is 7.11 Å². The summed E-state index contributed by atoms with van der Waals surface area (Å²) < 4.78 is 5.48. The molecule has 0 saturated carbocycles. The van der Waals surface area contributed by atoms with Crippen molar-refractivity contribution in [2.45, 2.75) is 26.2 Å². The standard InChI is InChI=1S/C15H24ClNO/c1-6-11(2)14(10-17(3)4)13-9-12(16)7-8-15(13)18-5/h7-9,11,14H,6,10H2,1-5H3. The van der Waals surface area contributed by atoms with Gasteiger partial charge in [-0.05, 0) is 38.2 Å². The number of hydrogen-bond acceptors (Lipinski definition) is 2. The Morgan fingerprint density at radius 2 is 2.00 bits per heavy atom. The Bertz CT molecular complexity index is 379. The highest BCUT2D eigenvalue weighted by atomic mass is 35.5. The molecule has 2 unspecified atom stereocenters. The van der Waals surface area contributed by atoms with Gasteiger partial charge in [-0.3, -0.25) is 0 Å². The van der Waals surface area contributed by atoms with E-state index in [2.05, 4.69) is 32.8 Å². The average Bonchev–Trinajstić information content (AvgIpc) is 2.34. The van der Waals surface area contributed by atoms with Crippen LogP contribution in [0.15, 0.2) is 18.2 Å². The van der Waals surface area contributed by atoms with Gasteiger partial charge in [0.15, 0.2) is 0 Å². The molecule has 102 valence electrons. The summed E-state index contributed by atoms with van der Waals surface area (Å²) >= 11 is 6.13. The lowest BCUT2D eigenvalue weighted by molar-refractivity contribution is 0.306. The predicted molar refractivity (Wildman–Crippen MR) is 78.8 cm³/mol. The molecule has 1 aromatic carbocycles.